The van der Waals surface area contributed by atoms with Crippen molar-refractivity contribution in [2.45, 2.75) is 26.1 Å². The lowest BCUT2D eigenvalue weighted by molar-refractivity contribution is 1.03. The molecule has 0 saturated heterocycles. The van der Waals surface area contributed by atoms with Crippen LogP contribution in [0, 0.1) is 0 Å². The summed E-state index contributed by atoms with van der Waals surface area (Å²) in [4.78, 5) is 7.90. The van der Waals surface area contributed by atoms with E-state index in [1.165, 1.54) is 0 Å². The molecule has 1 rings (SSSR count). The van der Waals surface area contributed by atoms with Crippen LogP contribution in [0.5, 0.6) is 0 Å². The van der Waals surface area contributed by atoms with Crippen molar-refractivity contribution in [3.05, 3.63) is 0 Å². The fourth-order valence-corrected chi connectivity index (χ4v) is 0.621. The molecule has 0 radical (unpaired) electrons. The Bertz CT molecular complexity index is 141. The molecule has 0 saturated carbocycles. The van der Waals surface area contributed by atoms with E-state index in [9.17, 15) is 0 Å². The van der Waals surface area contributed by atoms with Gasteiger partial charge in [0.15, 0.2) is 0 Å². The van der Waals surface area contributed by atoms with Crippen LogP contribution in [0.25, 0.3) is 0 Å². The number of alkyl halides is 1. The summed E-state index contributed by atoms with van der Waals surface area (Å²) < 4.78 is 0. The van der Waals surface area contributed by atoms with E-state index in [4.69, 9.17) is 11.6 Å². The zero-order valence-electron chi connectivity index (χ0n) is 6.63. The molecule has 3 heteroatoms. The standard InChI is InChI=1S/C5H7ClN2.C2H6/c1-4-7-2-5(6)3-8-4;1-2/h2,5H,3H2,1H3;1-2H3. The molecule has 1 aliphatic heterocycles. The second-order valence-electron chi connectivity index (χ2n) is 1.68. The molecule has 2 nitrogen and oxygen atoms in total. The Balaban J connectivity index is 0.000000371. The molecule has 0 aromatic carbocycles. The zero-order chi connectivity index (χ0) is 7.98. The van der Waals surface area contributed by atoms with Gasteiger partial charge < -0.3 is 0 Å². The van der Waals surface area contributed by atoms with Gasteiger partial charge in [-0.15, -0.1) is 11.6 Å². The minimum Gasteiger partial charge on any atom is -0.269 e. The van der Waals surface area contributed by atoms with Crippen LogP contribution in [-0.4, -0.2) is 24.0 Å². The third kappa shape index (κ3) is 3.62. The highest BCUT2D eigenvalue weighted by atomic mass is 35.5. The summed E-state index contributed by atoms with van der Waals surface area (Å²) in [5, 5.41) is 0.0127. The van der Waals surface area contributed by atoms with Gasteiger partial charge in [-0.1, -0.05) is 13.8 Å². The Hall–Kier alpha value is -0.370. The highest BCUT2D eigenvalue weighted by Crippen LogP contribution is 1.98. The molecule has 0 bridgehead atoms. The largest absolute Gasteiger partial charge is 0.269 e. The minimum atomic E-state index is 0.0127. The van der Waals surface area contributed by atoms with Gasteiger partial charge in [-0.2, -0.15) is 0 Å². The van der Waals surface area contributed by atoms with Crippen molar-refractivity contribution in [3.63, 3.8) is 0 Å². The van der Waals surface area contributed by atoms with Gasteiger partial charge in [0.25, 0.3) is 0 Å². The molecule has 1 unspecified atom stereocenters. The molecule has 0 aromatic rings. The quantitative estimate of drug-likeness (QED) is 0.485. The van der Waals surface area contributed by atoms with Crippen molar-refractivity contribution < 1.29 is 0 Å². The normalized spacial score (nSPS) is 22.8. The van der Waals surface area contributed by atoms with Crippen molar-refractivity contribution >= 4 is 23.7 Å². The molecule has 10 heavy (non-hydrogen) atoms. The summed E-state index contributed by atoms with van der Waals surface area (Å²) in [5.74, 6) is 0.821. The first-order chi connectivity index (χ1) is 4.79. The molecule has 1 heterocycles. The monoisotopic (exact) mass is 160 g/mol. The number of hydrogen-bond acceptors (Lipinski definition) is 2. The van der Waals surface area contributed by atoms with Crippen LogP contribution in [0.15, 0.2) is 9.98 Å². The van der Waals surface area contributed by atoms with E-state index in [2.05, 4.69) is 9.98 Å². The highest BCUT2D eigenvalue weighted by molar-refractivity contribution is 6.29. The fourth-order valence-electron chi connectivity index (χ4n) is 0.496. The van der Waals surface area contributed by atoms with E-state index in [0.29, 0.717) is 6.54 Å². The summed E-state index contributed by atoms with van der Waals surface area (Å²) in [7, 11) is 0. The number of hydrogen-bond donors (Lipinski definition) is 0. The number of amidine groups is 1. The van der Waals surface area contributed by atoms with E-state index in [1.54, 1.807) is 6.21 Å². The van der Waals surface area contributed by atoms with Crippen LogP contribution in [0.2, 0.25) is 0 Å². The maximum absolute atomic E-state index is 5.63. The first kappa shape index (κ1) is 9.63. The third-order valence-electron chi connectivity index (χ3n) is 0.918. The third-order valence-corrected chi connectivity index (χ3v) is 1.17. The SMILES string of the molecule is CC.CC1=NCC(Cl)C=N1. The van der Waals surface area contributed by atoms with Gasteiger partial charge in [0.1, 0.15) is 5.84 Å². The van der Waals surface area contributed by atoms with Crippen LogP contribution < -0.4 is 0 Å². The Morgan fingerprint density at radius 1 is 1.60 bits per heavy atom. The lowest BCUT2D eigenvalue weighted by atomic mass is 10.4. The maximum Gasteiger partial charge on any atom is 0.119 e. The highest BCUT2D eigenvalue weighted by Gasteiger charge is 2.02. The van der Waals surface area contributed by atoms with Crippen molar-refractivity contribution in [1.82, 2.24) is 0 Å². The van der Waals surface area contributed by atoms with Gasteiger partial charge in [-0.05, 0) is 6.92 Å². The van der Waals surface area contributed by atoms with E-state index in [1.807, 2.05) is 20.8 Å². The van der Waals surface area contributed by atoms with Gasteiger partial charge in [-0.25, -0.2) is 4.99 Å². The van der Waals surface area contributed by atoms with E-state index in [0.717, 1.165) is 5.84 Å². The van der Waals surface area contributed by atoms with E-state index >= 15 is 0 Å². The van der Waals surface area contributed by atoms with Gasteiger partial charge in [0, 0.05) is 6.21 Å². The van der Waals surface area contributed by atoms with E-state index < -0.39 is 0 Å². The topological polar surface area (TPSA) is 24.7 Å². The molecular formula is C7H13ClN2. The average Bonchev–Trinajstić information content (AvgIpc) is 2.00. The Labute approximate surface area is 67.0 Å². The Morgan fingerprint density at radius 3 is 2.50 bits per heavy atom. The van der Waals surface area contributed by atoms with Gasteiger partial charge in [0.05, 0.1) is 11.9 Å². The number of nitrogens with zero attached hydrogens (tertiary/aromatic N) is 2. The summed E-state index contributed by atoms with van der Waals surface area (Å²) in [5.41, 5.74) is 0. The average molecular weight is 161 g/mol. The second-order valence-corrected chi connectivity index (χ2v) is 2.24. The molecular weight excluding hydrogens is 148 g/mol. The van der Waals surface area contributed by atoms with Crippen LogP contribution in [0.4, 0.5) is 0 Å². The number of rotatable bonds is 0. The lowest BCUT2D eigenvalue weighted by Gasteiger charge is -2.03. The molecule has 0 aromatic heterocycles. The molecule has 0 N–H and O–H groups in total. The predicted octanol–water partition coefficient (Wildman–Crippen LogP) is 2.12. The summed E-state index contributed by atoms with van der Waals surface area (Å²) in [6.07, 6.45) is 1.71. The van der Waals surface area contributed by atoms with Crippen LogP contribution >= 0.6 is 11.6 Å². The predicted molar refractivity (Wildman–Crippen MR) is 47.5 cm³/mol. The maximum atomic E-state index is 5.63. The van der Waals surface area contributed by atoms with E-state index in [-0.39, 0.29) is 5.38 Å². The summed E-state index contributed by atoms with van der Waals surface area (Å²) in [6.45, 7) is 6.54. The van der Waals surface area contributed by atoms with Crippen molar-refractivity contribution in [1.29, 1.82) is 0 Å². The second kappa shape index (κ2) is 5.42. The number of aliphatic imine (C=N–C) groups is 2. The fraction of sp³-hybridized carbons (Fsp3) is 0.714. The van der Waals surface area contributed by atoms with Crippen molar-refractivity contribution in [2.75, 3.05) is 6.54 Å². The van der Waals surface area contributed by atoms with Gasteiger partial charge in [-0.3, -0.25) is 4.99 Å². The molecule has 0 aliphatic carbocycles. The molecule has 1 atom stereocenters. The van der Waals surface area contributed by atoms with Crippen LogP contribution in [0.1, 0.15) is 20.8 Å². The number of halogens is 1. The molecule has 0 spiro atoms. The van der Waals surface area contributed by atoms with Crippen LogP contribution in [-0.2, 0) is 0 Å². The Morgan fingerprint density at radius 2 is 2.20 bits per heavy atom. The first-order valence-electron chi connectivity index (χ1n) is 3.48. The molecule has 1 aliphatic rings. The summed E-state index contributed by atoms with van der Waals surface area (Å²) in [6, 6.07) is 0. The van der Waals surface area contributed by atoms with Crippen molar-refractivity contribution in [2.24, 2.45) is 9.98 Å². The first-order valence-corrected chi connectivity index (χ1v) is 3.92. The van der Waals surface area contributed by atoms with Crippen molar-refractivity contribution in [3.8, 4) is 0 Å². The Kier molecular flexibility index (Phi) is 5.22. The smallest absolute Gasteiger partial charge is 0.119 e. The van der Waals surface area contributed by atoms with Gasteiger partial charge >= 0.3 is 0 Å². The van der Waals surface area contributed by atoms with Crippen LogP contribution in [0.3, 0.4) is 0 Å². The zero-order valence-corrected chi connectivity index (χ0v) is 7.39. The molecule has 0 amide bonds. The lowest BCUT2D eigenvalue weighted by Crippen LogP contribution is -2.11. The molecule has 58 valence electrons. The van der Waals surface area contributed by atoms with Gasteiger partial charge in [0.2, 0.25) is 0 Å². The molecule has 0 fully saturated rings. The summed E-state index contributed by atoms with van der Waals surface area (Å²) >= 11 is 5.63. The minimum absolute atomic E-state index is 0.0127.